The van der Waals surface area contributed by atoms with Gasteiger partial charge in [-0.25, -0.2) is 17.5 Å². The molecule has 1 aromatic carbocycles. The second-order valence-electron chi connectivity index (χ2n) is 7.76. The molecule has 2 heterocycles. The average Bonchev–Trinajstić information content (AvgIpc) is 2.77. The van der Waals surface area contributed by atoms with Crippen molar-refractivity contribution in [2.75, 3.05) is 35.6 Å². The number of terminal acetylenes is 1. The molecule has 0 amide bonds. The van der Waals surface area contributed by atoms with Crippen LogP contribution in [0.2, 0.25) is 0 Å². The Labute approximate surface area is 198 Å². The number of halogens is 4. The van der Waals surface area contributed by atoms with Crippen LogP contribution in [-0.2, 0) is 23.1 Å². The van der Waals surface area contributed by atoms with Crippen molar-refractivity contribution < 1.29 is 26.0 Å². The number of aryl methyl sites for hydroxylation is 1. The average molecular weight is 515 g/mol. The normalized spacial score (nSPS) is 17.0. The molecule has 0 unspecified atom stereocenters. The minimum absolute atomic E-state index is 0.0355. The van der Waals surface area contributed by atoms with Gasteiger partial charge in [0.15, 0.2) is 15.7 Å². The van der Waals surface area contributed by atoms with Crippen LogP contribution in [0.25, 0.3) is 6.08 Å². The third-order valence-corrected chi connectivity index (χ3v) is 7.02. The number of rotatable bonds is 5. The van der Waals surface area contributed by atoms with Gasteiger partial charge < -0.3 is 21.7 Å². The van der Waals surface area contributed by atoms with E-state index in [9.17, 15) is 30.8 Å². The van der Waals surface area contributed by atoms with Crippen LogP contribution in [-0.4, -0.2) is 47.7 Å². The first-order valence-corrected chi connectivity index (χ1v) is 11.9. The SMILES string of the molecule is C#C[C@@H](Nc1nn(C)c(=O)c(N)c1/C=C(\N)N1CCS(=O)(=O)CC1)c1cccc(C(F)(F)F)c1F. The van der Waals surface area contributed by atoms with Crippen LogP contribution in [0.3, 0.4) is 0 Å². The first kappa shape index (κ1) is 25.9. The van der Waals surface area contributed by atoms with Crippen molar-refractivity contribution in [1.82, 2.24) is 14.7 Å². The summed E-state index contributed by atoms with van der Waals surface area (Å²) in [6.45, 7) is 0.210. The molecule has 1 aromatic heterocycles. The van der Waals surface area contributed by atoms with E-state index in [-0.39, 0.29) is 47.5 Å². The Kier molecular flexibility index (Phi) is 7.02. The van der Waals surface area contributed by atoms with Crippen molar-refractivity contribution in [3.63, 3.8) is 0 Å². The molecule has 2 aromatic rings. The molecule has 14 heteroatoms. The molecule has 1 fully saturated rings. The van der Waals surface area contributed by atoms with Gasteiger partial charge in [-0.2, -0.15) is 18.3 Å². The minimum Gasteiger partial charge on any atom is -0.394 e. The summed E-state index contributed by atoms with van der Waals surface area (Å²) in [6.07, 6.45) is 1.82. The summed E-state index contributed by atoms with van der Waals surface area (Å²) >= 11 is 0. The molecule has 0 bridgehead atoms. The van der Waals surface area contributed by atoms with Crippen molar-refractivity contribution in [3.8, 4) is 12.3 Å². The van der Waals surface area contributed by atoms with E-state index in [0.717, 1.165) is 16.8 Å². The van der Waals surface area contributed by atoms with E-state index >= 15 is 0 Å². The van der Waals surface area contributed by atoms with Crippen LogP contribution in [0.4, 0.5) is 29.1 Å². The number of aromatic nitrogens is 2. The number of nitrogens with two attached hydrogens (primary N) is 2. The second-order valence-corrected chi connectivity index (χ2v) is 10.1. The first-order valence-electron chi connectivity index (χ1n) is 10.1. The van der Waals surface area contributed by atoms with Crippen LogP contribution in [0.1, 0.15) is 22.7 Å². The van der Waals surface area contributed by atoms with Gasteiger partial charge >= 0.3 is 6.18 Å². The van der Waals surface area contributed by atoms with Gasteiger partial charge in [-0.3, -0.25) is 4.79 Å². The monoisotopic (exact) mass is 514 g/mol. The number of hydrogen-bond acceptors (Lipinski definition) is 8. The highest BCUT2D eigenvalue weighted by atomic mass is 32.2. The fourth-order valence-corrected chi connectivity index (χ4v) is 4.67. The van der Waals surface area contributed by atoms with Crippen LogP contribution >= 0.6 is 0 Å². The molecule has 9 nitrogen and oxygen atoms in total. The van der Waals surface area contributed by atoms with E-state index in [1.54, 1.807) is 4.90 Å². The van der Waals surface area contributed by atoms with Crippen LogP contribution in [0, 0.1) is 18.2 Å². The Morgan fingerprint density at radius 3 is 2.51 bits per heavy atom. The Morgan fingerprint density at radius 1 is 1.31 bits per heavy atom. The third kappa shape index (κ3) is 5.51. The maximum atomic E-state index is 14.7. The largest absolute Gasteiger partial charge is 0.419 e. The topological polar surface area (TPSA) is 136 Å². The molecule has 188 valence electrons. The maximum absolute atomic E-state index is 14.7. The molecule has 35 heavy (non-hydrogen) atoms. The zero-order valence-electron chi connectivity index (χ0n) is 18.4. The van der Waals surface area contributed by atoms with E-state index in [1.165, 1.54) is 13.1 Å². The fraction of sp³-hybridized carbons (Fsp3) is 0.333. The van der Waals surface area contributed by atoms with Gasteiger partial charge in [0.05, 0.1) is 28.5 Å². The van der Waals surface area contributed by atoms with Gasteiger partial charge in [-0.15, -0.1) is 6.42 Å². The summed E-state index contributed by atoms with van der Waals surface area (Å²) in [7, 11) is -1.90. The standard InChI is InChI=1S/C21H22F4N6O3S/c1-3-15(12-5-4-6-14(17(12)22)21(23,24)25)28-19-13(18(27)20(32)30(2)29-19)11-16(26)31-7-9-35(33,34)10-8-31/h1,4-6,11,15H,7-10,26-27H2,2H3,(H,28,29)/b16-11+/t15-/m1/s1. The third-order valence-electron chi connectivity index (χ3n) is 5.41. The highest BCUT2D eigenvalue weighted by Crippen LogP contribution is 2.35. The molecule has 0 saturated carbocycles. The lowest BCUT2D eigenvalue weighted by atomic mass is 10.0. The van der Waals surface area contributed by atoms with Gasteiger partial charge in [-0.1, -0.05) is 18.1 Å². The lowest BCUT2D eigenvalue weighted by Crippen LogP contribution is -2.41. The molecule has 1 saturated heterocycles. The lowest BCUT2D eigenvalue weighted by molar-refractivity contribution is -0.140. The van der Waals surface area contributed by atoms with Crippen molar-refractivity contribution >= 4 is 27.4 Å². The number of nitrogens with one attached hydrogen (secondary N) is 1. The molecule has 1 atom stereocenters. The van der Waals surface area contributed by atoms with E-state index in [0.29, 0.717) is 6.07 Å². The summed E-state index contributed by atoms with van der Waals surface area (Å²) < 4.78 is 78.4. The number of nitrogen functional groups attached to an aromatic ring is 1. The first-order chi connectivity index (χ1) is 16.2. The van der Waals surface area contributed by atoms with Crippen molar-refractivity contribution in [2.24, 2.45) is 12.8 Å². The summed E-state index contributed by atoms with van der Waals surface area (Å²) in [6, 6.07) is 1.27. The van der Waals surface area contributed by atoms with Crippen molar-refractivity contribution in [3.05, 3.63) is 56.9 Å². The number of alkyl halides is 3. The number of anilines is 2. The smallest absolute Gasteiger partial charge is 0.394 e. The number of nitrogens with zero attached hydrogens (tertiary/aromatic N) is 3. The maximum Gasteiger partial charge on any atom is 0.419 e. The zero-order valence-corrected chi connectivity index (χ0v) is 19.3. The molecular weight excluding hydrogens is 492 g/mol. The van der Waals surface area contributed by atoms with E-state index in [1.807, 2.05) is 0 Å². The number of sulfone groups is 1. The Bertz CT molecular complexity index is 1370. The van der Waals surface area contributed by atoms with Gasteiger partial charge in [-0.05, 0) is 12.1 Å². The molecule has 1 aliphatic rings. The van der Waals surface area contributed by atoms with Crippen molar-refractivity contribution in [1.29, 1.82) is 0 Å². The second kappa shape index (κ2) is 9.49. The number of hydrogen-bond donors (Lipinski definition) is 3. The van der Waals surface area contributed by atoms with Gasteiger partial charge in [0.1, 0.15) is 17.5 Å². The molecular formula is C21H22F4N6O3S. The molecule has 0 spiro atoms. The molecule has 3 rings (SSSR count). The van der Waals surface area contributed by atoms with Crippen LogP contribution in [0.5, 0.6) is 0 Å². The number of benzene rings is 1. The summed E-state index contributed by atoms with van der Waals surface area (Å²) in [4.78, 5) is 13.9. The van der Waals surface area contributed by atoms with Gasteiger partial charge in [0.2, 0.25) is 0 Å². The predicted molar refractivity (Wildman–Crippen MR) is 123 cm³/mol. The van der Waals surface area contributed by atoms with E-state index in [4.69, 9.17) is 17.9 Å². The van der Waals surface area contributed by atoms with E-state index < -0.39 is 44.6 Å². The van der Waals surface area contributed by atoms with E-state index in [2.05, 4.69) is 16.3 Å². The quantitative estimate of drug-likeness (QED) is 0.401. The summed E-state index contributed by atoms with van der Waals surface area (Å²) in [5.41, 5.74) is 9.08. The van der Waals surface area contributed by atoms with Crippen LogP contribution in [0.15, 0.2) is 28.8 Å². The van der Waals surface area contributed by atoms with Crippen LogP contribution < -0.4 is 22.3 Å². The Hall–Kier alpha value is -3.73. The lowest BCUT2D eigenvalue weighted by Gasteiger charge is -2.29. The molecule has 1 aliphatic heterocycles. The summed E-state index contributed by atoms with van der Waals surface area (Å²) in [5.74, 6) is 0.315. The van der Waals surface area contributed by atoms with Gasteiger partial charge in [0, 0.05) is 25.7 Å². The molecule has 5 N–H and O–H groups in total. The van der Waals surface area contributed by atoms with Crippen molar-refractivity contribution in [2.45, 2.75) is 12.2 Å². The predicted octanol–water partition coefficient (Wildman–Crippen LogP) is 1.29. The molecule has 0 radical (unpaired) electrons. The highest BCUT2D eigenvalue weighted by molar-refractivity contribution is 7.91. The fourth-order valence-electron chi connectivity index (χ4n) is 3.47. The Balaban J connectivity index is 2.05. The highest BCUT2D eigenvalue weighted by Gasteiger charge is 2.36. The zero-order chi connectivity index (χ0) is 26.1. The van der Waals surface area contributed by atoms with Gasteiger partial charge in [0.25, 0.3) is 5.56 Å². The summed E-state index contributed by atoms with van der Waals surface area (Å²) in [5, 5.41) is 6.68. The minimum atomic E-state index is -4.94. The Morgan fingerprint density at radius 2 is 1.94 bits per heavy atom. The molecule has 0 aliphatic carbocycles.